The van der Waals surface area contributed by atoms with Crippen LogP contribution in [0.5, 0.6) is 0 Å². The van der Waals surface area contributed by atoms with E-state index in [9.17, 15) is 0 Å². The van der Waals surface area contributed by atoms with Gasteiger partial charge in [0.25, 0.3) is 0 Å². The molecule has 0 aliphatic carbocycles. The summed E-state index contributed by atoms with van der Waals surface area (Å²) in [5.41, 5.74) is 2.12. The topological polar surface area (TPSA) is 24.7 Å². The number of hydrogen-bond donors (Lipinski definition) is 0. The maximum atomic E-state index is 5.87. The Morgan fingerprint density at radius 2 is 1.53 bits per heavy atom. The maximum Gasteiger partial charge on any atom is 0.156 e. The lowest BCUT2D eigenvalue weighted by molar-refractivity contribution is 1.06. The number of aliphatic imine (C=N–C) groups is 2. The van der Waals surface area contributed by atoms with Gasteiger partial charge in [0.15, 0.2) is 5.84 Å². The Labute approximate surface area is 118 Å². The van der Waals surface area contributed by atoms with Gasteiger partial charge in [-0.15, -0.1) is 0 Å². The van der Waals surface area contributed by atoms with Crippen LogP contribution in [0.3, 0.4) is 0 Å². The van der Waals surface area contributed by atoms with Crippen LogP contribution in [0, 0.1) is 0 Å². The van der Waals surface area contributed by atoms with Crippen LogP contribution in [-0.2, 0) is 6.54 Å². The summed E-state index contributed by atoms with van der Waals surface area (Å²) < 4.78 is 0. The second-order valence-electron chi connectivity index (χ2n) is 4.10. The Morgan fingerprint density at radius 1 is 0.947 bits per heavy atom. The van der Waals surface area contributed by atoms with E-state index >= 15 is 0 Å². The van der Waals surface area contributed by atoms with Gasteiger partial charge in [-0.05, 0) is 12.5 Å². The monoisotopic (exact) mass is 270 g/mol. The maximum absolute atomic E-state index is 5.87. The molecule has 0 N–H and O–H groups in total. The van der Waals surface area contributed by atoms with E-state index in [0.717, 1.165) is 11.1 Å². The highest BCUT2D eigenvalue weighted by Gasteiger charge is 2.01. The van der Waals surface area contributed by atoms with Crippen molar-refractivity contribution in [1.29, 1.82) is 0 Å². The minimum atomic E-state index is 0.482. The highest BCUT2D eigenvalue weighted by Crippen LogP contribution is 2.07. The van der Waals surface area contributed by atoms with Crippen molar-refractivity contribution in [1.82, 2.24) is 0 Å². The minimum absolute atomic E-state index is 0.482. The first-order valence-electron chi connectivity index (χ1n) is 6.10. The fourth-order valence-corrected chi connectivity index (χ4v) is 1.75. The Bertz CT molecular complexity index is 570. The van der Waals surface area contributed by atoms with Crippen molar-refractivity contribution in [2.75, 3.05) is 0 Å². The largest absolute Gasteiger partial charge is 0.261 e. The zero-order chi connectivity index (χ0) is 13.5. The lowest BCUT2D eigenvalue weighted by Gasteiger charge is -2.02. The molecule has 0 saturated heterocycles. The van der Waals surface area contributed by atoms with Crippen LogP contribution in [0.4, 0.5) is 0 Å². The molecule has 0 fully saturated rings. The molecule has 2 rings (SSSR count). The van der Waals surface area contributed by atoms with Gasteiger partial charge in [0.05, 0.1) is 6.54 Å². The summed E-state index contributed by atoms with van der Waals surface area (Å²) >= 11 is 5.87. The van der Waals surface area contributed by atoms with Gasteiger partial charge in [-0.2, -0.15) is 0 Å². The van der Waals surface area contributed by atoms with E-state index in [0.29, 0.717) is 17.6 Å². The van der Waals surface area contributed by atoms with Gasteiger partial charge >= 0.3 is 0 Å². The molecular weight excluding hydrogens is 256 g/mol. The van der Waals surface area contributed by atoms with Crippen molar-refractivity contribution in [2.45, 2.75) is 13.5 Å². The molecule has 0 radical (unpaired) electrons. The third-order valence-corrected chi connectivity index (χ3v) is 2.63. The number of rotatable bonds is 3. The van der Waals surface area contributed by atoms with Crippen molar-refractivity contribution in [3.8, 4) is 0 Å². The van der Waals surface area contributed by atoms with E-state index in [-0.39, 0.29) is 0 Å². The summed E-state index contributed by atoms with van der Waals surface area (Å²) in [5, 5.41) is 0.482. The van der Waals surface area contributed by atoms with Crippen LogP contribution in [0.25, 0.3) is 0 Å². The molecule has 0 heterocycles. The minimum Gasteiger partial charge on any atom is -0.261 e. The first kappa shape index (κ1) is 13.5. The number of amidine groups is 1. The van der Waals surface area contributed by atoms with Crippen molar-refractivity contribution in [3.63, 3.8) is 0 Å². The molecule has 19 heavy (non-hydrogen) atoms. The quantitative estimate of drug-likeness (QED) is 0.587. The lowest BCUT2D eigenvalue weighted by Crippen LogP contribution is -2.00. The zero-order valence-corrected chi connectivity index (χ0v) is 11.5. The van der Waals surface area contributed by atoms with Crippen molar-refractivity contribution >= 4 is 22.6 Å². The SMILES string of the molecule is CC(Cl)=NC(=NCc1ccccc1)c1ccccc1. The first-order valence-corrected chi connectivity index (χ1v) is 6.48. The van der Waals surface area contributed by atoms with Crippen LogP contribution in [0.15, 0.2) is 70.6 Å². The molecule has 0 aromatic heterocycles. The lowest BCUT2D eigenvalue weighted by atomic mass is 10.2. The standard InChI is InChI=1S/C16H15ClN2/c1-13(17)19-16(15-10-6-3-7-11-15)18-12-14-8-4-2-5-9-14/h2-11H,12H2,1H3. The Balaban J connectivity index is 2.26. The van der Waals surface area contributed by atoms with E-state index in [1.54, 1.807) is 6.92 Å². The first-order chi connectivity index (χ1) is 9.25. The van der Waals surface area contributed by atoms with Crippen LogP contribution in [0.1, 0.15) is 18.1 Å². The molecule has 0 amide bonds. The van der Waals surface area contributed by atoms with Crippen LogP contribution < -0.4 is 0 Å². The number of nitrogens with zero attached hydrogens (tertiary/aromatic N) is 2. The van der Waals surface area contributed by atoms with E-state index in [4.69, 9.17) is 11.6 Å². The second kappa shape index (κ2) is 6.86. The van der Waals surface area contributed by atoms with E-state index < -0.39 is 0 Å². The average molecular weight is 271 g/mol. The smallest absolute Gasteiger partial charge is 0.156 e. The van der Waals surface area contributed by atoms with Crippen LogP contribution in [-0.4, -0.2) is 11.0 Å². The molecule has 0 atom stereocenters. The van der Waals surface area contributed by atoms with Crippen molar-refractivity contribution in [3.05, 3.63) is 71.8 Å². The van der Waals surface area contributed by atoms with Gasteiger partial charge in [0, 0.05) is 5.56 Å². The molecule has 0 aliphatic heterocycles. The fraction of sp³-hybridized carbons (Fsp3) is 0.125. The van der Waals surface area contributed by atoms with Crippen molar-refractivity contribution < 1.29 is 0 Å². The summed E-state index contributed by atoms with van der Waals surface area (Å²) in [6.45, 7) is 2.35. The third kappa shape index (κ3) is 4.34. The molecule has 2 aromatic carbocycles. The summed E-state index contributed by atoms with van der Waals surface area (Å²) in [6, 6.07) is 19.9. The summed E-state index contributed by atoms with van der Waals surface area (Å²) in [7, 11) is 0. The second-order valence-corrected chi connectivity index (χ2v) is 4.65. The summed E-state index contributed by atoms with van der Waals surface area (Å²) in [4.78, 5) is 8.84. The molecule has 0 saturated carbocycles. The molecule has 96 valence electrons. The van der Waals surface area contributed by atoms with Crippen LogP contribution in [0.2, 0.25) is 0 Å². The molecule has 3 heteroatoms. The van der Waals surface area contributed by atoms with Gasteiger partial charge in [-0.1, -0.05) is 72.3 Å². The average Bonchev–Trinajstić information content (AvgIpc) is 2.45. The highest BCUT2D eigenvalue weighted by molar-refractivity contribution is 6.65. The van der Waals surface area contributed by atoms with Crippen molar-refractivity contribution in [2.24, 2.45) is 9.98 Å². The Morgan fingerprint density at radius 3 is 2.11 bits per heavy atom. The molecular formula is C16H15ClN2. The molecule has 0 aliphatic rings. The predicted molar refractivity (Wildman–Crippen MR) is 82.1 cm³/mol. The van der Waals surface area contributed by atoms with Gasteiger partial charge in [0.2, 0.25) is 0 Å². The highest BCUT2D eigenvalue weighted by atomic mass is 35.5. The van der Waals surface area contributed by atoms with Crippen LogP contribution >= 0.6 is 11.6 Å². The molecule has 2 aromatic rings. The normalized spacial score (nSPS) is 12.5. The third-order valence-electron chi connectivity index (χ3n) is 2.55. The molecule has 2 nitrogen and oxygen atoms in total. The number of benzene rings is 2. The molecule has 0 unspecified atom stereocenters. The summed E-state index contributed by atoms with van der Waals surface area (Å²) in [5.74, 6) is 0.664. The van der Waals surface area contributed by atoms with Gasteiger partial charge in [0.1, 0.15) is 5.17 Å². The predicted octanol–water partition coefficient (Wildman–Crippen LogP) is 4.29. The molecule has 0 bridgehead atoms. The zero-order valence-electron chi connectivity index (χ0n) is 10.8. The van der Waals surface area contributed by atoms with Gasteiger partial charge in [-0.3, -0.25) is 4.99 Å². The van der Waals surface area contributed by atoms with E-state index in [1.807, 2.05) is 60.7 Å². The number of halogens is 1. The van der Waals surface area contributed by atoms with E-state index in [1.165, 1.54) is 0 Å². The Kier molecular flexibility index (Phi) is 4.87. The van der Waals surface area contributed by atoms with Gasteiger partial charge in [-0.25, -0.2) is 4.99 Å². The fourth-order valence-electron chi connectivity index (χ4n) is 1.67. The summed E-state index contributed by atoms with van der Waals surface area (Å²) in [6.07, 6.45) is 0. The van der Waals surface area contributed by atoms with E-state index in [2.05, 4.69) is 9.98 Å². The number of hydrogen-bond acceptors (Lipinski definition) is 1. The Hall–Kier alpha value is -1.93. The molecule has 0 spiro atoms. The van der Waals surface area contributed by atoms with Gasteiger partial charge < -0.3 is 0 Å².